The molecule has 0 radical (unpaired) electrons. The van der Waals surface area contributed by atoms with Crippen LogP contribution in [0.25, 0.3) is 0 Å². The fourth-order valence-electron chi connectivity index (χ4n) is 2.39. The van der Waals surface area contributed by atoms with E-state index in [1.54, 1.807) is 0 Å². The van der Waals surface area contributed by atoms with Crippen LogP contribution in [0.4, 0.5) is 0 Å². The summed E-state index contributed by atoms with van der Waals surface area (Å²) >= 11 is 0. The highest BCUT2D eigenvalue weighted by Gasteiger charge is 2.45. The van der Waals surface area contributed by atoms with Crippen molar-refractivity contribution in [1.29, 1.82) is 0 Å². The van der Waals surface area contributed by atoms with Gasteiger partial charge in [0.2, 0.25) is 0 Å². The quantitative estimate of drug-likeness (QED) is 0.690. The summed E-state index contributed by atoms with van der Waals surface area (Å²) in [4.78, 5) is 13.6. The normalized spacial score (nSPS) is 19.5. The van der Waals surface area contributed by atoms with Crippen LogP contribution in [0.5, 0.6) is 0 Å². The molecule has 0 spiro atoms. The monoisotopic (exact) mass is 264 g/mol. The Balaban J connectivity index is 2.40. The zero-order valence-electron chi connectivity index (χ0n) is 12.8. The molecular formula is C16H25OP. The van der Waals surface area contributed by atoms with Gasteiger partial charge in [-0.25, -0.2) is 0 Å². The van der Waals surface area contributed by atoms with E-state index in [9.17, 15) is 4.79 Å². The molecule has 0 heterocycles. The lowest BCUT2D eigenvalue weighted by atomic mass is 9.86. The standard InChI is InChI=1S/C16H25OP/c1-14(2,3)10-11(15(4,5)6)12(10)18-13(17)16(7)8-9-16/h8-9H2,1-7H3. The first-order valence-electron chi connectivity index (χ1n) is 6.86. The van der Waals surface area contributed by atoms with Crippen molar-refractivity contribution in [2.45, 2.75) is 72.1 Å². The van der Waals surface area contributed by atoms with Crippen LogP contribution in [0.1, 0.15) is 72.4 Å². The molecule has 1 fully saturated rings. The van der Waals surface area contributed by atoms with Crippen molar-refractivity contribution in [3.05, 3.63) is 16.1 Å². The topological polar surface area (TPSA) is 17.1 Å². The molecule has 18 heavy (non-hydrogen) atoms. The Morgan fingerprint density at radius 1 is 1.00 bits per heavy atom. The van der Waals surface area contributed by atoms with Gasteiger partial charge in [0, 0.05) is 10.4 Å². The van der Waals surface area contributed by atoms with Gasteiger partial charge in [-0.2, -0.15) is 0 Å². The Bertz CT molecular complexity index is 480. The third-order valence-electron chi connectivity index (χ3n) is 3.89. The first kappa shape index (κ1) is 14.0. The molecule has 1 aromatic carbocycles. The second-order valence-corrected chi connectivity index (χ2v) is 9.15. The molecular weight excluding hydrogens is 239 g/mol. The highest BCUT2D eigenvalue weighted by Crippen LogP contribution is 2.52. The SMILES string of the molecule is CC1(C(=O)P=c2c(C(C)(C)C)c2C(C)(C)C)CC1. The summed E-state index contributed by atoms with van der Waals surface area (Å²) < 4.78 is 0. The average molecular weight is 264 g/mol. The van der Waals surface area contributed by atoms with Crippen LogP contribution in [0, 0.1) is 10.4 Å². The summed E-state index contributed by atoms with van der Waals surface area (Å²) in [5.74, 6) is 0. The average Bonchev–Trinajstić information content (AvgIpc) is 2.98. The van der Waals surface area contributed by atoms with Gasteiger partial charge >= 0.3 is 0 Å². The van der Waals surface area contributed by atoms with Crippen molar-refractivity contribution in [3.63, 3.8) is 0 Å². The maximum absolute atomic E-state index is 12.3. The minimum Gasteiger partial charge on any atom is -0.289 e. The molecule has 0 aromatic heterocycles. The Morgan fingerprint density at radius 2 is 1.39 bits per heavy atom. The predicted octanol–water partition coefficient (Wildman–Crippen LogP) is 4.96. The van der Waals surface area contributed by atoms with Crippen molar-refractivity contribution in [3.8, 4) is 0 Å². The van der Waals surface area contributed by atoms with E-state index < -0.39 is 0 Å². The molecule has 1 aromatic rings. The largest absolute Gasteiger partial charge is 0.289 e. The van der Waals surface area contributed by atoms with Crippen LogP contribution in [-0.4, -0.2) is 5.52 Å². The lowest BCUT2D eigenvalue weighted by Gasteiger charge is -2.18. The van der Waals surface area contributed by atoms with Crippen molar-refractivity contribution in [2.75, 3.05) is 0 Å². The Morgan fingerprint density at radius 3 is 1.67 bits per heavy atom. The van der Waals surface area contributed by atoms with Crippen LogP contribution in [0.2, 0.25) is 0 Å². The second kappa shape index (κ2) is 3.79. The predicted molar refractivity (Wildman–Crippen MR) is 78.7 cm³/mol. The Kier molecular flexibility index (Phi) is 2.95. The Hall–Kier alpha value is -0.420. The molecule has 0 unspecified atom stereocenters. The summed E-state index contributed by atoms with van der Waals surface area (Å²) in [7, 11) is 0.954. The Labute approximate surface area is 112 Å². The highest BCUT2D eigenvalue weighted by atomic mass is 31.1. The first-order valence-corrected chi connectivity index (χ1v) is 7.75. The van der Waals surface area contributed by atoms with E-state index in [2.05, 4.69) is 48.5 Å². The van der Waals surface area contributed by atoms with E-state index in [0.717, 1.165) is 21.0 Å². The van der Waals surface area contributed by atoms with Crippen LogP contribution in [0.15, 0.2) is 0 Å². The van der Waals surface area contributed by atoms with Crippen molar-refractivity contribution >= 4 is 13.7 Å². The van der Waals surface area contributed by atoms with Gasteiger partial charge in [0.25, 0.3) is 0 Å². The summed E-state index contributed by atoms with van der Waals surface area (Å²) in [6.45, 7) is 15.6. The van der Waals surface area contributed by atoms with Gasteiger partial charge in [0.15, 0.2) is 5.52 Å². The van der Waals surface area contributed by atoms with Gasteiger partial charge in [-0.1, -0.05) is 48.5 Å². The lowest BCUT2D eigenvalue weighted by Crippen LogP contribution is -2.12. The summed E-state index contributed by atoms with van der Waals surface area (Å²) in [6, 6.07) is 0. The number of rotatable bonds is 2. The maximum atomic E-state index is 12.3. The lowest BCUT2D eigenvalue weighted by molar-refractivity contribution is -0.115. The molecule has 0 saturated heterocycles. The molecule has 1 nitrogen and oxygen atoms in total. The van der Waals surface area contributed by atoms with E-state index in [4.69, 9.17) is 0 Å². The number of hydrogen-bond acceptors (Lipinski definition) is 1. The first-order chi connectivity index (χ1) is 7.97. The number of hydrogen-bond donors (Lipinski definition) is 0. The molecule has 0 amide bonds. The number of carbonyl (C=O) groups excluding carboxylic acids is 1. The molecule has 100 valence electrons. The molecule has 2 rings (SSSR count). The van der Waals surface area contributed by atoms with Gasteiger partial charge in [-0.15, -0.1) is 0 Å². The summed E-state index contributed by atoms with van der Waals surface area (Å²) in [6.07, 6.45) is 2.17. The van der Waals surface area contributed by atoms with Crippen LogP contribution < -0.4 is 0 Å². The fourth-order valence-corrected chi connectivity index (χ4v) is 4.15. The number of carbonyl (C=O) groups is 1. The van der Waals surface area contributed by atoms with Gasteiger partial charge in [-0.3, -0.25) is 4.79 Å². The zero-order chi connectivity index (χ0) is 13.9. The molecule has 1 aliphatic carbocycles. The third kappa shape index (κ3) is 2.48. The second-order valence-electron chi connectivity index (χ2n) is 8.08. The maximum Gasteiger partial charge on any atom is 0.187 e. The van der Waals surface area contributed by atoms with E-state index in [0.29, 0.717) is 5.52 Å². The van der Waals surface area contributed by atoms with Gasteiger partial charge < -0.3 is 0 Å². The molecule has 1 aliphatic rings. The summed E-state index contributed by atoms with van der Waals surface area (Å²) in [5.41, 5.74) is 3.69. The van der Waals surface area contributed by atoms with Crippen LogP contribution in [-0.2, 0) is 15.6 Å². The molecule has 0 bridgehead atoms. The van der Waals surface area contributed by atoms with Crippen LogP contribution >= 0.6 is 8.20 Å². The van der Waals surface area contributed by atoms with Gasteiger partial charge in [0.1, 0.15) is 0 Å². The van der Waals surface area contributed by atoms with Crippen molar-refractivity contribution in [1.82, 2.24) is 0 Å². The van der Waals surface area contributed by atoms with Gasteiger partial charge in [0.05, 0.1) is 0 Å². The molecule has 2 heteroatoms. The summed E-state index contributed by atoms with van der Waals surface area (Å²) in [5, 5.41) is 0. The molecule has 0 aliphatic heterocycles. The fraction of sp³-hybridized carbons (Fsp3) is 0.750. The minimum absolute atomic E-state index is 0.00311. The minimum atomic E-state index is 0.00311. The highest BCUT2D eigenvalue weighted by molar-refractivity contribution is 7.51. The third-order valence-corrected chi connectivity index (χ3v) is 5.30. The van der Waals surface area contributed by atoms with Crippen LogP contribution in [0.3, 0.4) is 0 Å². The van der Waals surface area contributed by atoms with Crippen molar-refractivity contribution in [2.24, 2.45) is 5.41 Å². The zero-order valence-corrected chi connectivity index (χ0v) is 13.7. The van der Waals surface area contributed by atoms with E-state index in [1.807, 2.05) is 0 Å². The van der Waals surface area contributed by atoms with Crippen molar-refractivity contribution < 1.29 is 4.79 Å². The molecule has 1 saturated carbocycles. The molecule has 0 N–H and O–H groups in total. The smallest absolute Gasteiger partial charge is 0.187 e. The van der Waals surface area contributed by atoms with E-state index in [1.165, 1.54) is 16.1 Å². The molecule has 0 atom stereocenters. The van der Waals surface area contributed by atoms with E-state index >= 15 is 0 Å². The van der Waals surface area contributed by atoms with E-state index in [-0.39, 0.29) is 16.2 Å². The van der Waals surface area contributed by atoms with Gasteiger partial charge in [-0.05, 0) is 43.0 Å².